The van der Waals surface area contributed by atoms with Crippen LogP contribution >= 0.6 is 15.9 Å². The Kier molecular flexibility index (Phi) is 5.13. The van der Waals surface area contributed by atoms with Gasteiger partial charge in [-0.05, 0) is 23.1 Å². The van der Waals surface area contributed by atoms with Gasteiger partial charge in [0.1, 0.15) is 0 Å². The van der Waals surface area contributed by atoms with Crippen molar-refractivity contribution < 1.29 is 15.0 Å². The van der Waals surface area contributed by atoms with E-state index < -0.39 is 12.1 Å². The summed E-state index contributed by atoms with van der Waals surface area (Å²) in [5.74, 6) is -1.28. The summed E-state index contributed by atoms with van der Waals surface area (Å²) in [6, 6.07) is 7.05. The highest BCUT2D eigenvalue weighted by Crippen LogP contribution is 2.21. The number of hydrogen-bond donors (Lipinski definition) is 2. The van der Waals surface area contributed by atoms with Crippen LogP contribution in [0.5, 0.6) is 0 Å². The topological polar surface area (TPSA) is 81.3 Å². The zero-order valence-electron chi connectivity index (χ0n) is 9.06. The van der Waals surface area contributed by atoms with Crippen LogP contribution < -0.4 is 0 Å². The van der Waals surface area contributed by atoms with Crippen molar-refractivity contribution in [1.82, 2.24) is 0 Å². The number of benzene rings is 1. The van der Waals surface area contributed by atoms with Crippen molar-refractivity contribution in [2.75, 3.05) is 0 Å². The van der Waals surface area contributed by atoms with E-state index in [2.05, 4.69) is 15.9 Å². The third kappa shape index (κ3) is 3.55. The molecule has 1 unspecified atom stereocenters. The summed E-state index contributed by atoms with van der Waals surface area (Å²) in [4.78, 5) is 10.7. The van der Waals surface area contributed by atoms with Crippen LogP contribution in [0.15, 0.2) is 18.2 Å². The lowest BCUT2D eigenvalue weighted by atomic mass is 9.99. The Morgan fingerprint density at radius 2 is 2.18 bits per heavy atom. The number of hydrogen-bond acceptors (Lipinski definition) is 3. The second kappa shape index (κ2) is 6.38. The number of carbonyl (C=O) groups is 1. The number of aryl methyl sites for hydroxylation is 1. The standard InChI is InChI=1S/C12H12BrNO3/c13-7-10-4-3-9(11(15)12(16)17)6-8(10)2-1-5-14/h3-4,6,11,15H,1-2,7H2,(H,16,17). The van der Waals surface area contributed by atoms with Gasteiger partial charge in [0.2, 0.25) is 0 Å². The molecule has 1 atom stereocenters. The maximum absolute atomic E-state index is 10.7. The SMILES string of the molecule is N#CCCc1cc(C(O)C(=O)O)ccc1CBr. The molecule has 1 rings (SSSR count). The van der Waals surface area contributed by atoms with E-state index in [9.17, 15) is 9.90 Å². The van der Waals surface area contributed by atoms with E-state index in [0.717, 1.165) is 11.1 Å². The molecule has 90 valence electrons. The summed E-state index contributed by atoms with van der Waals surface area (Å²) in [6.45, 7) is 0. The molecule has 0 fully saturated rings. The van der Waals surface area contributed by atoms with Crippen LogP contribution in [0.2, 0.25) is 0 Å². The number of carboxylic acids is 1. The van der Waals surface area contributed by atoms with E-state index in [1.54, 1.807) is 18.2 Å². The Morgan fingerprint density at radius 1 is 1.47 bits per heavy atom. The molecule has 0 saturated heterocycles. The fourth-order valence-electron chi connectivity index (χ4n) is 1.51. The van der Waals surface area contributed by atoms with Crippen LogP contribution in [0.4, 0.5) is 0 Å². The van der Waals surface area contributed by atoms with E-state index in [1.807, 2.05) is 6.07 Å². The molecule has 0 spiro atoms. The molecule has 17 heavy (non-hydrogen) atoms. The van der Waals surface area contributed by atoms with E-state index >= 15 is 0 Å². The second-order valence-corrected chi connectivity index (χ2v) is 4.12. The van der Waals surface area contributed by atoms with Crippen LogP contribution in [0.1, 0.15) is 29.2 Å². The molecule has 1 aromatic rings. The molecule has 0 aliphatic rings. The minimum atomic E-state index is -1.51. The number of aliphatic hydroxyl groups excluding tert-OH is 1. The summed E-state index contributed by atoms with van der Waals surface area (Å²) in [5, 5.41) is 27.3. The Bertz CT molecular complexity index is 454. The highest BCUT2D eigenvalue weighted by Gasteiger charge is 2.16. The second-order valence-electron chi connectivity index (χ2n) is 3.56. The van der Waals surface area contributed by atoms with E-state index in [4.69, 9.17) is 10.4 Å². The number of aliphatic hydroxyl groups is 1. The van der Waals surface area contributed by atoms with E-state index in [1.165, 1.54) is 0 Å². The number of aliphatic carboxylic acids is 1. The summed E-state index contributed by atoms with van der Waals surface area (Å²) >= 11 is 3.33. The number of carboxylic acid groups (broad SMARTS) is 1. The van der Waals surface area contributed by atoms with Crippen LogP contribution in [-0.4, -0.2) is 16.2 Å². The highest BCUT2D eigenvalue weighted by molar-refractivity contribution is 9.08. The van der Waals surface area contributed by atoms with Crippen molar-refractivity contribution >= 4 is 21.9 Å². The van der Waals surface area contributed by atoms with E-state index in [0.29, 0.717) is 23.7 Å². The van der Waals surface area contributed by atoms with Gasteiger partial charge in [-0.25, -0.2) is 4.79 Å². The minimum absolute atomic E-state index is 0.343. The molecule has 0 aromatic heterocycles. The Hall–Kier alpha value is -1.38. The van der Waals surface area contributed by atoms with Gasteiger partial charge in [-0.1, -0.05) is 34.1 Å². The van der Waals surface area contributed by atoms with E-state index in [-0.39, 0.29) is 0 Å². The molecule has 2 N–H and O–H groups in total. The molecule has 0 saturated carbocycles. The quantitative estimate of drug-likeness (QED) is 0.816. The van der Waals surface area contributed by atoms with Gasteiger partial charge in [0.25, 0.3) is 0 Å². The first-order chi connectivity index (χ1) is 8.10. The number of alkyl halides is 1. The Balaban J connectivity index is 3.04. The van der Waals surface area contributed by atoms with Gasteiger partial charge in [0.15, 0.2) is 6.10 Å². The first-order valence-electron chi connectivity index (χ1n) is 5.05. The van der Waals surface area contributed by atoms with Crippen molar-refractivity contribution in [3.63, 3.8) is 0 Å². The van der Waals surface area contributed by atoms with Gasteiger partial charge >= 0.3 is 5.97 Å². The fraction of sp³-hybridized carbons (Fsp3) is 0.333. The predicted molar refractivity (Wildman–Crippen MR) is 65.6 cm³/mol. The molecule has 5 heteroatoms. The van der Waals surface area contributed by atoms with Crippen LogP contribution in [0.3, 0.4) is 0 Å². The highest BCUT2D eigenvalue weighted by atomic mass is 79.9. The van der Waals surface area contributed by atoms with Crippen molar-refractivity contribution in [3.8, 4) is 6.07 Å². The zero-order chi connectivity index (χ0) is 12.8. The maximum atomic E-state index is 10.7. The van der Waals surface area contributed by atoms with Gasteiger partial charge in [0, 0.05) is 11.8 Å². The molecule has 0 aliphatic carbocycles. The maximum Gasteiger partial charge on any atom is 0.337 e. The zero-order valence-corrected chi connectivity index (χ0v) is 10.6. The molecular formula is C12H12BrNO3. The molecule has 1 aromatic carbocycles. The van der Waals surface area contributed by atoms with Crippen LogP contribution in [0, 0.1) is 11.3 Å². The Morgan fingerprint density at radius 3 is 2.71 bits per heavy atom. The first kappa shape index (κ1) is 13.7. The third-order valence-electron chi connectivity index (χ3n) is 2.43. The van der Waals surface area contributed by atoms with Gasteiger partial charge in [-0.15, -0.1) is 0 Å². The number of nitrogens with zero attached hydrogens (tertiary/aromatic N) is 1. The smallest absolute Gasteiger partial charge is 0.337 e. The van der Waals surface area contributed by atoms with Gasteiger partial charge in [-0.3, -0.25) is 0 Å². The summed E-state index contributed by atoms with van der Waals surface area (Å²) in [6.07, 6.45) is -0.593. The van der Waals surface area contributed by atoms with Crippen molar-refractivity contribution in [1.29, 1.82) is 5.26 Å². The van der Waals surface area contributed by atoms with Gasteiger partial charge < -0.3 is 10.2 Å². The van der Waals surface area contributed by atoms with Crippen LogP contribution in [-0.2, 0) is 16.5 Å². The van der Waals surface area contributed by atoms with Crippen molar-refractivity contribution in [3.05, 3.63) is 34.9 Å². The predicted octanol–water partition coefficient (Wildman–Crippen LogP) is 2.16. The summed E-state index contributed by atoms with van der Waals surface area (Å²) < 4.78 is 0. The average molecular weight is 298 g/mol. The minimum Gasteiger partial charge on any atom is -0.479 e. The van der Waals surface area contributed by atoms with Crippen molar-refractivity contribution in [2.45, 2.75) is 24.3 Å². The molecule has 0 radical (unpaired) electrons. The molecule has 0 bridgehead atoms. The normalized spacial score (nSPS) is 11.8. The lowest BCUT2D eigenvalue weighted by molar-refractivity contribution is -0.146. The van der Waals surface area contributed by atoms with Crippen molar-refractivity contribution in [2.24, 2.45) is 0 Å². The lowest BCUT2D eigenvalue weighted by Gasteiger charge is -2.11. The number of nitriles is 1. The number of rotatable bonds is 5. The van der Waals surface area contributed by atoms with Gasteiger partial charge in [0.05, 0.1) is 6.07 Å². The molecule has 0 amide bonds. The summed E-state index contributed by atoms with van der Waals surface area (Å²) in [7, 11) is 0. The molecule has 0 aliphatic heterocycles. The lowest BCUT2D eigenvalue weighted by Crippen LogP contribution is -2.11. The third-order valence-corrected chi connectivity index (χ3v) is 3.03. The summed E-state index contributed by atoms with van der Waals surface area (Å²) in [5.41, 5.74) is 2.23. The monoisotopic (exact) mass is 297 g/mol. The number of halogens is 1. The van der Waals surface area contributed by atoms with Crippen LogP contribution in [0.25, 0.3) is 0 Å². The average Bonchev–Trinajstić information content (AvgIpc) is 2.34. The molecule has 4 nitrogen and oxygen atoms in total. The molecule has 0 heterocycles. The fourth-order valence-corrected chi connectivity index (χ4v) is 2.06. The molecular weight excluding hydrogens is 286 g/mol. The van der Waals surface area contributed by atoms with Gasteiger partial charge in [-0.2, -0.15) is 5.26 Å². The Labute approximate surface area is 108 Å². The first-order valence-corrected chi connectivity index (χ1v) is 6.17. The largest absolute Gasteiger partial charge is 0.479 e.